The lowest BCUT2D eigenvalue weighted by atomic mass is 10.1. The minimum absolute atomic E-state index is 0.0693. The molecular weight excluding hydrogens is 377 g/mol. The van der Waals surface area contributed by atoms with Crippen LogP contribution in [0, 0.1) is 5.82 Å². The highest BCUT2D eigenvalue weighted by Crippen LogP contribution is 2.28. The maximum atomic E-state index is 13.1. The van der Waals surface area contributed by atoms with Gasteiger partial charge in [-0.1, -0.05) is 30.3 Å². The van der Waals surface area contributed by atoms with Gasteiger partial charge in [0.15, 0.2) is 19.7 Å². The van der Waals surface area contributed by atoms with Gasteiger partial charge in [0.25, 0.3) is 0 Å². The van der Waals surface area contributed by atoms with Gasteiger partial charge < -0.3 is 5.32 Å². The summed E-state index contributed by atoms with van der Waals surface area (Å²) in [6.45, 7) is 1.86. The normalized spacial score (nSPS) is 23.6. The number of nitrogens with one attached hydrogen (secondary N) is 1. The monoisotopic (exact) mass is 397 g/mol. The number of sulfone groups is 2. The molecule has 3 rings (SSSR count). The molecule has 0 amide bonds. The lowest BCUT2D eigenvalue weighted by Crippen LogP contribution is -2.44. The zero-order valence-electron chi connectivity index (χ0n) is 14.2. The van der Waals surface area contributed by atoms with Crippen LogP contribution in [0.2, 0.25) is 0 Å². The van der Waals surface area contributed by atoms with E-state index >= 15 is 0 Å². The molecule has 2 aromatic carbocycles. The first kappa shape index (κ1) is 19.0. The van der Waals surface area contributed by atoms with Crippen LogP contribution in [0.3, 0.4) is 0 Å². The van der Waals surface area contributed by atoms with E-state index in [0.717, 1.165) is 17.7 Å². The smallest absolute Gasteiger partial charge is 0.183 e. The summed E-state index contributed by atoms with van der Waals surface area (Å²) in [6, 6.07) is 12.9. The van der Waals surface area contributed by atoms with Crippen molar-refractivity contribution in [2.24, 2.45) is 0 Å². The van der Waals surface area contributed by atoms with E-state index in [2.05, 4.69) is 5.32 Å². The molecule has 140 valence electrons. The number of rotatable bonds is 5. The van der Waals surface area contributed by atoms with Gasteiger partial charge in [-0.2, -0.15) is 0 Å². The van der Waals surface area contributed by atoms with Crippen LogP contribution in [0.15, 0.2) is 59.5 Å². The van der Waals surface area contributed by atoms with Crippen molar-refractivity contribution in [1.29, 1.82) is 0 Å². The standard InChI is InChI=1S/C18H20FNO4S2/c1-13(14-5-3-2-4-6-14)20-17-11-25(21,22)12-18(17)26(23,24)16-9-7-15(19)8-10-16/h2-10,13,17-18,20H,11-12H2,1H3/t13-,17+,18+/m1/s1. The summed E-state index contributed by atoms with van der Waals surface area (Å²) < 4.78 is 63.3. The first-order chi connectivity index (χ1) is 12.2. The fraction of sp³-hybridized carbons (Fsp3) is 0.333. The molecular formula is C18H20FNO4S2. The van der Waals surface area contributed by atoms with Crippen LogP contribution in [0.1, 0.15) is 18.5 Å². The third-order valence-corrected chi connectivity index (χ3v) is 8.77. The van der Waals surface area contributed by atoms with Gasteiger partial charge in [-0.3, -0.25) is 0 Å². The van der Waals surface area contributed by atoms with Crippen molar-refractivity contribution in [3.05, 3.63) is 66.0 Å². The van der Waals surface area contributed by atoms with Crippen molar-refractivity contribution >= 4 is 19.7 Å². The van der Waals surface area contributed by atoms with Gasteiger partial charge in [-0.05, 0) is 36.8 Å². The summed E-state index contributed by atoms with van der Waals surface area (Å²) in [7, 11) is -7.40. The van der Waals surface area contributed by atoms with Crippen LogP contribution in [-0.4, -0.2) is 39.6 Å². The van der Waals surface area contributed by atoms with E-state index in [-0.39, 0.29) is 16.7 Å². The first-order valence-corrected chi connectivity index (χ1v) is 11.6. The van der Waals surface area contributed by atoms with Crippen LogP contribution >= 0.6 is 0 Å². The molecule has 1 fully saturated rings. The van der Waals surface area contributed by atoms with Crippen LogP contribution in [0.4, 0.5) is 4.39 Å². The Bertz CT molecular complexity index is 974. The van der Waals surface area contributed by atoms with Gasteiger partial charge in [0.05, 0.1) is 21.7 Å². The molecule has 0 aromatic heterocycles. The predicted octanol–water partition coefficient (Wildman–Crippen LogP) is 2.12. The molecule has 8 heteroatoms. The van der Waals surface area contributed by atoms with E-state index in [9.17, 15) is 21.2 Å². The number of halogens is 1. The molecule has 26 heavy (non-hydrogen) atoms. The fourth-order valence-corrected chi connectivity index (χ4v) is 7.91. The topological polar surface area (TPSA) is 80.3 Å². The van der Waals surface area contributed by atoms with Gasteiger partial charge in [0.1, 0.15) is 5.82 Å². The second-order valence-corrected chi connectivity index (χ2v) is 10.8. The minimum Gasteiger partial charge on any atom is -0.305 e. The van der Waals surface area contributed by atoms with Crippen LogP contribution < -0.4 is 5.32 Å². The molecule has 1 heterocycles. The van der Waals surface area contributed by atoms with Gasteiger partial charge in [0, 0.05) is 12.1 Å². The molecule has 0 unspecified atom stereocenters. The molecule has 5 nitrogen and oxygen atoms in total. The van der Waals surface area contributed by atoms with E-state index in [1.165, 1.54) is 12.1 Å². The average Bonchev–Trinajstić information content (AvgIpc) is 2.91. The molecule has 3 atom stereocenters. The number of hydrogen-bond donors (Lipinski definition) is 1. The van der Waals surface area contributed by atoms with Gasteiger partial charge in [0.2, 0.25) is 0 Å². The van der Waals surface area contributed by atoms with Crippen molar-refractivity contribution in [2.75, 3.05) is 11.5 Å². The van der Waals surface area contributed by atoms with E-state index in [0.29, 0.717) is 0 Å². The molecule has 2 aromatic rings. The molecule has 0 aliphatic carbocycles. The molecule has 0 spiro atoms. The second kappa shape index (κ2) is 7.09. The van der Waals surface area contributed by atoms with Gasteiger partial charge in [-0.25, -0.2) is 21.2 Å². The highest BCUT2D eigenvalue weighted by atomic mass is 32.2. The number of hydrogen-bond acceptors (Lipinski definition) is 5. The molecule has 0 radical (unpaired) electrons. The Hall–Kier alpha value is -1.77. The summed E-state index contributed by atoms with van der Waals surface area (Å²) in [5.41, 5.74) is 0.940. The van der Waals surface area contributed by atoms with Crippen LogP contribution in [0.25, 0.3) is 0 Å². The van der Waals surface area contributed by atoms with E-state index in [1.807, 2.05) is 37.3 Å². The maximum Gasteiger partial charge on any atom is 0.183 e. The Labute approximate surface area is 153 Å². The summed E-state index contributed by atoms with van der Waals surface area (Å²) in [6.07, 6.45) is 0. The van der Waals surface area contributed by atoms with Crippen LogP contribution in [0.5, 0.6) is 0 Å². The molecule has 1 aliphatic rings. The van der Waals surface area contributed by atoms with Crippen molar-refractivity contribution in [2.45, 2.75) is 29.2 Å². The summed E-state index contributed by atoms with van der Waals surface area (Å²) in [5, 5.41) is 2.05. The third-order valence-electron chi connectivity index (χ3n) is 4.60. The molecule has 0 saturated carbocycles. The number of benzene rings is 2. The molecule has 1 saturated heterocycles. The molecule has 0 bridgehead atoms. The maximum absolute atomic E-state index is 13.1. The Morgan fingerprint density at radius 1 is 1.04 bits per heavy atom. The predicted molar refractivity (Wildman–Crippen MR) is 97.8 cm³/mol. The van der Waals surface area contributed by atoms with Crippen molar-refractivity contribution in [1.82, 2.24) is 5.32 Å². The first-order valence-electron chi connectivity index (χ1n) is 8.20. The highest BCUT2D eigenvalue weighted by molar-refractivity contribution is 7.96. The summed E-state index contributed by atoms with van der Waals surface area (Å²) >= 11 is 0. The van der Waals surface area contributed by atoms with E-state index < -0.39 is 42.5 Å². The van der Waals surface area contributed by atoms with E-state index in [4.69, 9.17) is 0 Å². The van der Waals surface area contributed by atoms with Crippen LogP contribution in [-0.2, 0) is 19.7 Å². The highest BCUT2D eigenvalue weighted by Gasteiger charge is 2.46. The van der Waals surface area contributed by atoms with Crippen molar-refractivity contribution in [3.8, 4) is 0 Å². The largest absolute Gasteiger partial charge is 0.305 e. The molecule has 1 aliphatic heterocycles. The molecule has 1 N–H and O–H groups in total. The summed E-state index contributed by atoms with van der Waals surface area (Å²) in [5.74, 6) is -1.23. The quantitative estimate of drug-likeness (QED) is 0.782. The average molecular weight is 397 g/mol. The summed E-state index contributed by atoms with van der Waals surface area (Å²) in [4.78, 5) is -0.0693. The SMILES string of the molecule is C[C@@H](N[C@H]1CS(=O)(=O)C[C@@H]1S(=O)(=O)c1ccc(F)cc1)c1ccccc1. The van der Waals surface area contributed by atoms with Crippen molar-refractivity contribution < 1.29 is 21.2 Å². The second-order valence-electron chi connectivity index (χ2n) is 6.52. The zero-order chi connectivity index (χ0) is 18.9. The fourth-order valence-electron chi connectivity index (χ4n) is 3.23. The van der Waals surface area contributed by atoms with Crippen molar-refractivity contribution in [3.63, 3.8) is 0 Å². The third kappa shape index (κ3) is 3.97. The minimum atomic E-state index is -3.91. The zero-order valence-corrected chi connectivity index (χ0v) is 15.8. The van der Waals surface area contributed by atoms with Gasteiger partial charge >= 0.3 is 0 Å². The lowest BCUT2D eigenvalue weighted by Gasteiger charge is -2.24. The van der Waals surface area contributed by atoms with Gasteiger partial charge in [-0.15, -0.1) is 0 Å². The van der Waals surface area contributed by atoms with E-state index in [1.54, 1.807) is 0 Å². The Morgan fingerprint density at radius 3 is 2.27 bits per heavy atom. The Morgan fingerprint density at radius 2 is 1.65 bits per heavy atom. The lowest BCUT2D eigenvalue weighted by molar-refractivity contribution is 0.475. The Kier molecular flexibility index (Phi) is 5.18. The Balaban J connectivity index is 1.90.